The highest BCUT2D eigenvalue weighted by molar-refractivity contribution is 6.30. The number of hydrogen-bond acceptors (Lipinski definition) is 3. The zero-order valence-electron chi connectivity index (χ0n) is 13.1. The maximum atomic E-state index is 5.96. The third-order valence-corrected chi connectivity index (χ3v) is 4.54. The Hall–Kier alpha value is -0.610. The Kier molecular flexibility index (Phi) is 6.97. The van der Waals surface area contributed by atoms with Crippen molar-refractivity contribution in [2.75, 3.05) is 33.3 Å². The Labute approximate surface area is 133 Å². The third kappa shape index (κ3) is 5.26. The van der Waals surface area contributed by atoms with Crippen LogP contribution in [0.2, 0.25) is 5.02 Å². The summed E-state index contributed by atoms with van der Waals surface area (Å²) < 4.78 is 5.74. The van der Waals surface area contributed by atoms with Gasteiger partial charge in [0, 0.05) is 30.8 Å². The van der Waals surface area contributed by atoms with Gasteiger partial charge in [-0.05, 0) is 50.6 Å². The number of rotatable bonds is 8. The van der Waals surface area contributed by atoms with Crippen LogP contribution in [0.15, 0.2) is 24.3 Å². The summed E-state index contributed by atoms with van der Waals surface area (Å²) in [5.74, 6) is 0. The lowest BCUT2D eigenvalue weighted by Gasteiger charge is -2.26. The average molecular weight is 311 g/mol. The van der Waals surface area contributed by atoms with Crippen LogP contribution in [0.3, 0.4) is 0 Å². The van der Waals surface area contributed by atoms with Crippen LogP contribution in [-0.4, -0.2) is 44.3 Å². The molecule has 0 aromatic heterocycles. The van der Waals surface area contributed by atoms with Crippen molar-refractivity contribution in [1.82, 2.24) is 10.2 Å². The van der Waals surface area contributed by atoms with Gasteiger partial charge in [0.1, 0.15) is 0 Å². The molecule has 1 aliphatic rings. The van der Waals surface area contributed by atoms with E-state index in [9.17, 15) is 0 Å². The first-order valence-electron chi connectivity index (χ1n) is 7.99. The van der Waals surface area contributed by atoms with Crippen molar-refractivity contribution in [3.05, 3.63) is 34.9 Å². The zero-order chi connectivity index (χ0) is 15.1. The summed E-state index contributed by atoms with van der Waals surface area (Å²) in [5.41, 5.74) is 1.30. The van der Waals surface area contributed by atoms with Crippen molar-refractivity contribution in [3.8, 4) is 0 Å². The highest BCUT2D eigenvalue weighted by atomic mass is 35.5. The van der Waals surface area contributed by atoms with Crippen molar-refractivity contribution in [1.29, 1.82) is 0 Å². The van der Waals surface area contributed by atoms with E-state index in [0.717, 1.165) is 37.7 Å². The maximum absolute atomic E-state index is 5.96. The number of hydrogen-bond donors (Lipinski definition) is 1. The third-order valence-electron chi connectivity index (χ3n) is 4.29. The van der Waals surface area contributed by atoms with Crippen LogP contribution in [0.1, 0.15) is 37.8 Å². The molecule has 1 saturated heterocycles. The second-order valence-electron chi connectivity index (χ2n) is 5.71. The van der Waals surface area contributed by atoms with Gasteiger partial charge in [0.25, 0.3) is 0 Å². The van der Waals surface area contributed by atoms with Crippen molar-refractivity contribution in [3.63, 3.8) is 0 Å². The van der Waals surface area contributed by atoms with Crippen molar-refractivity contribution >= 4 is 11.6 Å². The number of likely N-dealkylation sites (N-methyl/N-ethyl adjacent to an activating group) is 1. The van der Waals surface area contributed by atoms with E-state index >= 15 is 0 Å². The molecule has 1 fully saturated rings. The molecule has 21 heavy (non-hydrogen) atoms. The number of nitrogens with zero attached hydrogens (tertiary/aromatic N) is 1. The van der Waals surface area contributed by atoms with Crippen LogP contribution in [0.5, 0.6) is 0 Å². The molecule has 2 atom stereocenters. The van der Waals surface area contributed by atoms with E-state index in [0.29, 0.717) is 12.1 Å². The minimum absolute atomic E-state index is 0.376. The summed E-state index contributed by atoms with van der Waals surface area (Å²) in [5, 5.41) is 4.20. The molecular formula is C17H27ClN2O. The minimum Gasteiger partial charge on any atom is -0.377 e. The molecule has 0 saturated carbocycles. The molecule has 1 aliphatic heterocycles. The molecule has 0 aliphatic carbocycles. The second kappa shape index (κ2) is 8.74. The van der Waals surface area contributed by atoms with E-state index in [4.69, 9.17) is 16.3 Å². The second-order valence-corrected chi connectivity index (χ2v) is 6.15. The topological polar surface area (TPSA) is 24.5 Å². The van der Waals surface area contributed by atoms with E-state index in [1.807, 2.05) is 19.2 Å². The highest BCUT2D eigenvalue weighted by Gasteiger charge is 2.19. The average Bonchev–Trinajstić information content (AvgIpc) is 3.01. The van der Waals surface area contributed by atoms with E-state index in [1.165, 1.54) is 18.4 Å². The number of halogens is 1. The lowest BCUT2D eigenvalue weighted by atomic mass is 10.0. The van der Waals surface area contributed by atoms with Gasteiger partial charge in [-0.1, -0.05) is 30.7 Å². The Morgan fingerprint density at radius 3 is 2.71 bits per heavy atom. The van der Waals surface area contributed by atoms with Gasteiger partial charge in [-0.25, -0.2) is 0 Å². The molecule has 0 radical (unpaired) electrons. The Balaban J connectivity index is 1.84. The van der Waals surface area contributed by atoms with Gasteiger partial charge in [-0.15, -0.1) is 0 Å². The quantitative estimate of drug-likeness (QED) is 0.795. The molecule has 2 rings (SSSR count). The van der Waals surface area contributed by atoms with Crippen LogP contribution in [0, 0.1) is 0 Å². The molecule has 1 aromatic rings. The molecule has 0 bridgehead atoms. The molecule has 0 amide bonds. The monoisotopic (exact) mass is 310 g/mol. The highest BCUT2D eigenvalue weighted by Crippen LogP contribution is 2.20. The molecular weight excluding hydrogens is 284 g/mol. The Morgan fingerprint density at radius 1 is 1.38 bits per heavy atom. The van der Waals surface area contributed by atoms with Crippen molar-refractivity contribution in [2.24, 2.45) is 0 Å². The SMILES string of the molecule is CCN(CCC(NC)c1ccc(Cl)cc1)CC1CCCO1. The van der Waals surface area contributed by atoms with Crippen LogP contribution in [0.25, 0.3) is 0 Å². The minimum atomic E-state index is 0.376. The molecule has 1 aromatic carbocycles. The first-order chi connectivity index (χ1) is 10.2. The maximum Gasteiger partial charge on any atom is 0.0702 e. The van der Waals surface area contributed by atoms with E-state index in [-0.39, 0.29) is 0 Å². The summed E-state index contributed by atoms with van der Waals surface area (Å²) in [6, 6.07) is 8.52. The summed E-state index contributed by atoms with van der Waals surface area (Å²) in [6.07, 6.45) is 3.96. The first kappa shape index (κ1) is 16.8. The molecule has 3 nitrogen and oxygen atoms in total. The molecule has 0 spiro atoms. The van der Waals surface area contributed by atoms with Gasteiger partial charge in [0.15, 0.2) is 0 Å². The molecule has 118 valence electrons. The standard InChI is InChI=1S/C17H27ClN2O/c1-3-20(13-16-5-4-12-21-16)11-10-17(19-2)14-6-8-15(18)9-7-14/h6-9,16-17,19H,3-5,10-13H2,1-2H3. The van der Waals surface area contributed by atoms with Crippen LogP contribution in [-0.2, 0) is 4.74 Å². The molecule has 4 heteroatoms. The van der Waals surface area contributed by atoms with Crippen LogP contribution in [0.4, 0.5) is 0 Å². The molecule has 2 unspecified atom stereocenters. The van der Waals surface area contributed by atoms with E-state index in [2.05, 4.69) is 29.3 Å². The summed E-state index contributed by atoms with van der Waals surface area (Å²) in [7, 11) is 2.02. The fraction of sp³-hybridized carbons (Fsp3) is 0.647. The number of nitrogens with one attached hydrogen (secondary N) is 1. The lowest BCUT2D eigenvalue weighted by Crippen LogP contribution is -2.34. The fourth-order valence-electron chi connectivity index (χ4n) is 2.94. The predicted molar refractivity (Wildman–Crippen MR) is 89.0 cm³/mol. The van der Waals surface area contributed by atoms with Gasteiger partial charge < -0.3 is 15.0 Å². The van der Waals surface area contributed by atoms with Crippen molar-refractivity contribution in [2.45, 2.75) is 38.3 Å². The first-order valence-corrected chi connectivity index (χ1v) is 8.37. The molecule has 1 heterocycles. The fourth-order valence-corrected chi connectivity index (χ4v) is 3.07. The number of ether oxygens (including phenoxy) is 1. The largest absolute Gasteiger partial charge is 0.377 e. The predicted octanol–water partition coefficient (Wildman–Crippen LogP) is 3.49. The van der Waals surface area contributed by atoms with Crippen molar-refractivity contribution < 1.29 is 4.74 Å². The number of benzene rings is 1. The zero-order valence-corrected chi connectivity index (χ0v) is 13.9. The van der Waals surface area contributed by atoms with Gasteiger partial charge >= 0.3 is 0 Å². The van der Waals surface area contributed by atoms with Gasteiger partial charge in [-0.3, -0.25) is 0 Å². The van der Waals surface area contributed by atoms with E-state index in [1.54, 1.807) is 0 Å². The van der Waals surface area contributed by atoms with E-state index < -0.39 is 0 Å². The van der Waals surface area contributed by atoms with Gasteiger partial charge in [0.2, 0.25) is 0 Å². The summed E-state index contributed by atoms with van der Waals surface area (Å²) in [4.78, 5) is 2.50. The Bertz CT molecular complexity index is 404. The van der Waals surface area contributed by atoms with Gasteiger partial charge in [-0.2, -0.15) is 0 Å². The van der Waals surface area contributed by atoms with Gasteiger partial charge in [0.05, 0.1) is 6.10 Å². The molecule has 1 N–H and O–H groups in total. The van der Waals surface area contributed by atoms with Crippen LogP contribution < -0.4 is 5.32 Å². The summed E-state index contributed by atoms with van der Waals surface area (Å²) in [6.45, 7) is 6.40. The lowest BCUT2D eigenvalue weighted by molar-refractivity contribution is 0.0735. The van der Waals surface area contributed by atoms with Crippen LogP contribution >= 0.6 is 11.6 Å². The Morgan fingerprint density at radius 2 is 2.14 bits per heavy atom. The smallest absolute Gasteiger partial charge is 0.0702 e. The normalized spacial score (nSPS) is 20.1. The summed E-state index contributed by atoms with van der Waals surface area (Å²) >= 11 is 5.96.